The molecule has 148 valence electrons. The summed E-state index contributed by atoms with van der Waals surface area (Å²) in [6.07, 6.45) is 0.433. The Balaban J connectivity index is 1.55. The summed E-state index contributed by atoms with van der Waals surface area (Å²) in [6.45, 7) is 5.64. The second-order valence-electron chi connectivity index (χ2n) is 8.11. The van der Waals surface area contributed by atoms with Crippen LogP contribution in [0.1, 0.15) is 42.3 Å². The lowest BCUT2D eigenvalue weighted by Crippen LogP contribution is -2.45. The maximum Gasteiger partial charge on any atom is 0.311 e. The molecule has 3 heterocycles. The van der Waals surface area contributed by atoms with Crippen molar-refractivity contribution in [2.75, 3.05) is 26.3 Å². The van der Waals surface area contributed by atoms with Crippen LogP contribution in [-0.2, 0) is 9.53 Å². The standard InChI is InChI=1S/C22H25NO5/c1-14(2)15-4-3-5-16(10-15)18-6-7-19(28-18)20(24)23-11-17-12-27-9-8-22(17,13-23)21(25)26/h3-7,10,14,17H,8-9,11-13H2,1-2H3,(H,25,26)/t17-,22+/m0/s1. The van der Waals surface area contributed by atoms with E-state index in [0.29, 0.717) is 37.9 Å². The second-order valence-corrected chi connectivity index (χ2v) is 8.11. The third-order valence-corrected chi connectivity index (χ3v) is 6.07. The van der Waals surface area contributed by atoms with Crippen molar-refractivity contribution in [3.05, 3.63) is 47.7 Å². The molecule has 1 N–H and O–H groups in total. The van der Waals surface area contributed by atoms with Gasteiger partial charge in [-0.15, -0.1) is 0 Å². The number of benzene rings is 1. The van der Waals surface area contributed by atoms with Crippen molar-refractivity contribution in [2.24, 2.45) is 11.3 Å². The first kappa shape index (κ1) is 18.7. The Morgan fingerprint density at radius 3 is 2.79 bits per heavy atom. The number of fused-ring (bicyclic) bond motifs is 1. The molecule has 2 aliphatic rings. The van der Waals surface area contributed by atoms with E-state index in [1.165, 1.54) is 5.56 Å². The number of carbonyl (C=O) groups is 2. The van der Waals surface area contributed by atoms with Gasteiger partial charge in [-0.05, 0) is 36.1 Å². The Kier molecular flexibility index (Phi) is 4.75. The highest BCUT2D eigenvalue weighted by Crippen LogP contribution is 2.43. The van der Waals surface area contributed by atoms with Crippen molar-refractivity contribution in [3.8, 4) is 11.3 Å². The average Bonchev–Trinajstić information content (AvgIpc) is 3.33. The number of rotatable bonds is 4. The maximum absolute atomic E-state index is 13.0. The van der Waals surface area contributed by atoms with E-state index in [9.17, 15) is 14.7 Å². The number of ether oxygens (including phenoxy) is 1. The largest absolute Gasteiger partial charge is 0.481 e. The van der Waals surface area contributed by atoms with E-state index in [-0.39, 0.29) is 24.1 Å². The van der Waals surface area contributed by atoms with Gasteiger partial charge in [0.05, 0.1) is 12.0 Å². The molecular weight excluding hydrogens is 358 g/mol. The smallest absolute Gasteiger partial charge is 0.311 e. The lowest BCUT2D eigenvalue weighted by atomic mass is 9.74. The van der Waals surface area contributed by atoms with Gasteiger partial charge in [-0.3, -0.25) is 9.59 Å². The van der Waals surface area contributed by atoms with Crippen molar-refractivity contribution in [3.63, 3.8) is 0 Å². The SMILES string of the molecule is CC(C)c1cccc(-c2ccc(C(=O)N3C[C@H]4COCC[C@@]4(C(=O)O)C3)o2)c1. The summed E-state index contributed by atoms with van der Waals surface area (Å²) in [6, 6.07) is 11.6. The van der Waals surface area contributed by atoms with Crippen LogP contribution in [0.15, 0.2) is 40.8 Å². The molecule has 6 nitrogen and oxygen atoms in total. The quantitative estimate of drug-likeness (QED) is 0.872. The fraction of sp³-hybridized carbons (Fsp3) is 0.455. The number of likely N-dealkylation sites (tertiary alicyclic amines) is 1. The van der Waals surface area contributed by atoms with Crippen LogP contribution in [0.3, 0.4) is 0 Å². The van der Waals surface area contributed by atoms with Crippen LogP contribution >= 0.6 is 0 Å². The molecule has 0 unspecified atom stereocenters. The van der Waals surface area contributed by atoms with Crippen LogP contribution in [0.2, 0.25) is 0 Å². The Hall–Kier alpha value is -2.60. The number of furan rings is 1. The molecule has 4 rings (SSSR count). The summed E-state index contributed by atoms with van der Waals surface area (Å²) in [4.78, 5) is 26.5. The first-order valence-electron chi connectivity index (χ1n) is 9.71. The maximum atomic E-state index is 13.0. The van der Waals surface area contributed by atoms with E-state index >= 15 is 0 Å². The molecule has 0 radical (unpaired) electrons. The summed E-state index contributed by atoms with van der Waals surface area (Å²) < 4.78 is 11.3. The van der Waals surface area contributed by atoms with Crippen LogP contribution < -0.4 is 0 Å². The van der Waals surface area contributed by atoms with E-state index in [1.807, 2.05) is 12.1 Å². The zero-order valence-electron chi connectivity index (χ0n) is 16.2. The van der Waals surface area contributed by atoms with Gasteiger partial charge in [-0.1, -0.05) is 32.0 Å². The highest BCUT2D eigenvalue weighted by atomic mass is 16.5. The molecule has 1 aromatic heterocycles. The molecule has 28 heavy (non-hydrogen) atoms. The van der Waals surface area contributed by atoms with Crippen LogP contribution in [0.25, 0.3) is 11.3 Å². The molecule has 0 bridgehead atoms. The van der Waals surface area contributed by atoms with Crippen LogP contribution in [0, 0.1) is 11.3 Å². The van der Waals surface area contributed by atoms with Crippen LogP contribution in [0.4, 0.5) is 0 Å². The van der Waals surface area contributed by atoms with Gasteiger partial charge in [0.15, 0.2) is 5.76 Å². The highest BCUT2D eigenvalue weighted by Gasteiger charge is 2.55. The molecule has 2 aromatic rings. The number of carboxylic acid groups (broad SMARTS) is 1. The minimum atomic E-state index is -0.908. The lowest BCUT2D eigenvalue weighted by molar-refractivity contribution is -0.157. The summed E-state index contributed by atoms with van der Waals surface area (Å²) in [5.41, 5.74) is 1.22. The van der Waals surface area contributed by atoms with Crippen LogP contribution in [-0.4, -0.2) is 48.2 Å². The summed E-state index contributed by atoms with van der Waals surface area (Å²) in [5, 5.41) is 9.78. The molecule has 1 aromatic carbocycles. The van der Waals surface area contributed by atoms with E-state index in [1.54, 1.807) is 17.0 Å². The average molecular weight is 383 g/mol. The molecule has 2 aliphatic heterocycles. The highest BCUT2D eigenvalue weighted by molar-refractivity contribution is 5.93. The molecule has 1 amide bonds. The number of aliphatic carboxylic acids is 1. The number of carboxylic acids is 1. The minimum absolute atomic E-state index is 0.181. The number of hydrogen-bond donors (Lipinski definition) is 1. The van der Waals surface area contributed by atoms with Gasteiger partial charge >= 0.3 is 5.97 Å². The molecule has 2 atom stereocenters. The summed E-state index contributed by atoms with van der Waals surface area (Å²) >= 11 is 0. The third-order valence-electron chi connectivity index (χ3n) is 6.07. The van der Waals surface area contributed by atoms with Crippen LogP contribution in [0.5, 0.6) is 0 Å². The number of amides is 1. The third kappa shape index (κ3) is 3.11. The van der Waals surface area contributed by atoms with Gasteiger partial charge in [-0.25, -0.2) is 0 Å². The first-order chi connectivity index (χ1) is 13.4. The van der Waals surface area contributed by atoms with Crippen molar-refractivity contribution >= 4 is 11.9 Å². The van der Waals surface area contributed by atoms with E-state index in [2.05, 4.69) is 26.0 Å². The predicted octanol–water partition coefficient (Wildman–Crippen LogP) is 3.63. The van der Waals surface area contributed by atoms with Crippen molar-refractivity contribution in [1.29, 1.82) is 0 Å². The Morgan fingerprint density at radius 1 is 1.25 bits per heavy atom. The van der Waals surface area contributed by atoms with Crippen molar-refractivity contribution < 1.29 is 23.8 Å². The minimum Gasteiger partial charge on any atom is -0.481 e. The van der Waals surface area contributed by atoms with Gasteiger partial charge in [0.25, 0.3) is 5.91 Å². The van der Waals surface area contributed by atoms with Gasteiger partial charge < -0.3 is 19.2 Å². The Morgan fingerprint density at radius 2 is 2.07 bits per heavy atom. The topological polar surface area (TPSA) is 80.0 Å². The van der Waals surface area contributed by atoms with Gasteiger partial charge in [0.1, 0.15) is 5.76 Å². The zero-order chi connectivity index (χ0) is 19.9. The molecular formula is C22H25NO5. The fourth-order valence-electron chi connectivity index (χ4n) is 4.27. The Bertz CT molecular complexity index is 902. The lowest BCUT2D eigenvalue weighted by Gasteiger charge is -2.33. The molecule has 0 spiro atoms. The molecule has 6 heteroatoms. The van der Waals surface area contributed by atoms with E-state index in [0.717, 1.165) is 5.56 Å². The van der Waals surface area contributed by atoms with Gasteiger partial charge in [0, 0.05) is 31.2 Å². The zero-order valence-corrected chi connectivity index (χ0v) is 16.2. The van der Waals surface area contributed by atoms with Crippen molar-refractivity contribution in [1.82, 2.24) is 4.90 Å². The second kappa shape index (κ2) is 7.09. The van der Waals surface area contributed by atoms with E-state index in [4.69, 9.17) is 9.15 Å². The van der Waals surface area contributed by atoms with Gasteiger partial charge in [0.2, 0.25) is 0 Å². The molecule has 0 aliphatic carbocycles. The number of carbonyl (C=O) groups excluding carboxylic acids is 1. The normalized spacial score (nSPS) is 24.4. The van der Waals surface area contributed by atoms with Crippen molar-refractivity contribution in [2.45, 2.75) is 26.2 Å². The van der Waals surface area contributed by atoms with Gasteiger partial charge in [-0.2, -0.15) is 0 Å². The fourth-order valence-corrected chi connectivity index (χ4v) is 4.27. The van der Waals surface area contributed by atoms with E-state index < -0.39 is 11.4 Å². The molecule has 2 saturated heterocycles. The summed E-state index contributed by atoms with van der Waals surface area (Å²) in [7, 11) is 0. The predicted molar refractivity (Wildman–Crippen MR) is 103 cm³/mol. The monoisotopic (exact) mass is 383 g/mol. The first-order valence-corrected chi connectivity index (χ1v) is 9.71. The number of nitrogens with zero attached hydrogens (tertiary/aromatic N) is 1. The Labute approximate surface area is 164 Å². The molecule has 0 saturated carbocycles. The molecule has 2 fully saturated rings. The summed E-state index contributed by atoms with van der Waals surface area (Å²) in [5.74, 6) is -0.00920. The number of hydrogen-bond acceptors (Lipinski definition) is 4.